The SMILES string of the molecule is CC(C)(C)OC(=O)N1CC=C(c2c(-c3ccncc3)nn3c2C(=O)NCC3)CC1. The lowest BCUT2D eigenvalue weighted by molar-refractivity contribution is 0.0270. The Balaban J connectivity index is 1.69. The minimum atomic E-state index is -0.529. The molecule has 0 aromatic carbocycles. The summed E-state index contributed by atoms with van der Waals surface area (Å²) in [6.45, 7) is 7.73. The Morgan fingerprint density at radius 1 is 1.21 bits per heavy atom. The monoisotopic (exact) mass is 395 g/mol. The van der Waals surface area contributed by atoms with E-state index in [1.807, 2.05) is 39.0 Å². The Bertz CT molecular complexity index is 972. The zero-order chi connectivity index (χ0) is 20.6. The maximum atomic E-state index is 12.6. The average molecular weight is 395 g/mol. The fourth-order valence-electron chi connectivity index (χ4n) is 3.62. The van der Waals surface area contributed by atoms with Crippen molar-refractivity contribution < 1.29 is 14.3 Å². The van der Waals surface area contributed by atoms with Gasteiger partial charge in [-0.1, -0.05) is 6.08 Å². The van der Waals surface area contributed by atoms with E-state index in [1.54, 1.807) is 22.0 Å². The highest BCUT2D eigenvalue weighted by molar-refractivity contribution is 6.01. The summed E-state index contributed by atoms with van der Waals surface area (Å²) in [6, 6.07) is 3.79. The van der Waals surface area contributed by atoms with Crippen LogP contribution in [0.25, 0.3) is 16.8 Å². The van der Waals surface area contributed by atoms with Crippen molar-refractivity contribution in [2.24, 2.45) is 0 Å². The van der Waals surface area contributed by atoms with Crippen molar-refractivity contribution in [3.05, 3.63) is 41.9 Å². The Kier molecular flexibility index (Phi) is 4.86. The lowest BCUT2D eigenvalue weighted by atomic mass is 9.94. The van der Waals surface area contributed by atoms with Crippen LogP contribution in [0.3, 0.4) is 0 Å². The number of amides is 2. The van der Waals surface area contributed by atoms with Gasteiger partial charge in [0, 0.05) is 43.2 Å². The van der Waals surface area contributed by atoms with E-state index in [-0.39, 0.29) is 12.0 Å². The highest BCUT2D eigenvalue weighted by Gasteiger charge is 2.31. The van der Waals surface area contributed by atoms with Crippen molar-refractivity contribution in [3.63, 3.8) is 0 Å². The highest BCUT2D eigenvalue weighted by atomic mass is 16.6. The number of rotatable bonds is 2. The van der Waals surface area contributed by atoms with Crippen molar-refractivity contribution in [2.45, 2.75) is 39.3 Å². The number of nitrogens with one attached hydrogen (secondary N) is 1. The first-order chi connectivity index (χ1) is 13.8. The molecule has 8 nitrogen and oxygen atoms in total. The Morgan fingerprint density at radius 2 is 1.97 bits per heavy atom. The predicted octanol–water partition coefficient (Wildman–Crippen LogP) is 2.71. The zero-order valence-corrected chi connectivity index (χ0v) is 16.9. The maximum Gasteiger partial charge on any atom is 0.410 e. The fourth-order valence-corrected chi connectivity index (χ4v) is 3.62. The smallest absolute Gasteiger partial charge is 0.410 e. The fraction of sp³-hybridized carbons (Fsp3) is 0.429. The maximum absolute atomic E-state index is 12.6. The molecule has 0 aliphatic carbocycles. The van der Waals surface area contributed by atoms with Gasteiger partial charge in [0.25, 0.3) is 5.91 Å². The third kappa shape index (κ3) is 3.87. The summed E-state index contributed by atoms with van der Waals surface area (Å²) in [5.41, 5.74) is 3.61. The van der Waals surface area contributed by atoms with Crippen LogP contribution in [0.2, 0.25) is 0 Å². The van der Waals surface area contributed by atoms with Crippen LogP contribution in [0.15, 0.2) is 30.6 Å². The third-order valence-electron chi connectivity index (χ3n) is 4.91. The van der Waals surface area contributed by atoms with Crippen molar-refractivity contribution in [3.8, 4) is 11.3 Å². The van der Waals surface area contributed by atoms with Gasteiger partial charge in [0.2, 0.25) is 0 Å². The molecule has 2 amide bonds. The number of ether oxygens (including phenoxy) is 1. The van der Waals surface area contributed by atoms with E-state index >= 15 is 0 Å². The number of carbonyl (C=O) groups is 2. The van der Waals surface area contributed by atoms with Gasteiger partial charge >= 0.3 is 6.09 Å². The predicted molar refractivity (Wildman–Crippen MR) is 108 cm³/mol. The summed E-state index contributed by atoms with van der Waals surface area (Å²) in [5, 5.41) is 7.64. The molecule has 2 aliphatic rings. The first kappa shape index (κ1) is 19.2. The van der Waals surface area contributed by atoms with Crippen LogP contribution in [0, 0.1) is 0 Å². The quantitative estimate of drug-likeness (QED) is 0.845. The molecule has 8 heteroatoms. The van der Waals surface area contributed by atoms with E-state index in [0.717, 1.165) is 22.4 Å². The Labute approximate surface area is 169 Å². The number of nitrogens with zero attached hydrogens (tertiary/aromatic N) is 4. The number of carbonyl (C=O) groups excluding carboxylic acids is 2. The summed E-state index contributed by atoms with van der Waals surface area (Å²) in [4.78, 5) is 30.8. The van der Waals surface area contributed by atoms with E-state index in [9.17, 15) is 9.59 Å². The van der Waals surface area contributed by atoms with Crippen LogP contribution in [-0.2, 0) is 11.3 Å². The summed E-state index contributed by atoms with van der Waals surface area (Å²) >= 11 is 0. The molecule has 0 radical (unpaired) electrons. The minimum Gasteiger partial charge on any atom is -0.444 e. The molecule has 4 heterocycles. The molecule has 152 valence electrons. The van der Waals surface area contributed by atoms with Crippen LogP contribution >= 0.6 is 0 Å². The molecule has 29 heavy (non-hydrogen) atoms. The van der Waals surface area contributed by atoms with Gasteiger partial charge in [0.15, 0.2) is 0 Å². The minimum absolute atomic E-state index is 0.116. The van der Waals surface area contributed by atoms with E-state index in [2.05, 4.69) is 10.3 Å². The topological polar surface area (TPSA) is 89.3 Å². The van der Waals surface area contributed by atoms with Crippen molar-refractivity contribution in [1.29, 1.82) is 0 Å². The summed E-state index contributed by atoms with van der Waals surface area (Å²) in [7, 11) is 0. The summed E-state index contributed by atoms with van der Waals surface area (Å²) in [5.74, 6) is -0.116. The van der Waals surface area contributed by atoms with Crippen molar-refractivity contribution in [1.82, 2.24) is 25.0 Å². The van der Waals surface area contributed by atoms with Gasteiger partial charge in [-0.15, -0.1) is 0 Å². The molecule has 2 aliphatic heterocycles. The zero-order valence-electron chi connectivity index (χ0n) is 16.9. The van der Waals surface area contributed by atoms with Crippen LogP contribution < -0.4 is 5.32 Å². The molecule has 0 spiro atoms. The molecular formula is C21H25N5O3. The van der Waals surface area contributed by atoms with E-state index < -0.39 is 5.60 Å². The summed E-state index contributed by atoms with van der Waals surface area (Å²) in [6.07, 6.45) is 5.74. The van der Waals surface area contributed by atoms with Gasteiger partial charge in [-0.2, -0.15) is 5.10 Å². The Morgan fingerprint density at radius 3 is 2.62 bits per heavy atom. The van der Waals surface area contributed by atoms with Crippen LogP contribution in [0.1, 0.15) is 43.2 Å². The lowest BCUT2D eigenvalue weighted by Gasteiger charge is -2.30. The highest BCUT2D eigenvalue weighted by Crippen LogP contribution is 2.35. The first-order valence-electron chi connectivity index (χ1n) is 9.80. The van der Waals surface area contributed by atoms with E-state index in [4.69, 9.17) is 9.84 Å². The average Bonchev–Trinajstić information content (AvgIpc) is 3.08. The molecule has 0 saturated heterocycles. The molecule has 2 aromatic rings. The largest absolute Gasteiger partial charge is 0.444 e. The number of aromatic nitrogens is 3. The molecule has 4 rings (SSSR count). The third-order valence-corrected chi connectivity index (χ3v) is 4.91. The molecule has 1 N–H and O–H groups in total. The van der Waals surface area contributed by atoms with Crippen LogP contribution in [0.5, 0.6) is 0 Å². The lowest BCUT2D eigenvalue weighted by Crippen LogP contribution is -2.39. The van der Waals surface area contributed by atoms with Gasteiger partial charge in [-0.05, 0) is 44.9 Å². The van der Waals surface area contributed by atoms with Gasteiger partial charge in [-0.3, -0.25) is 14.5 Å². The number of hydrogen-bond acceptors (Lipinski definition) is 5. The number of hydrogen-bond donors (Lipinski definition) is 1. The standard InChI is InChI=1S/C21H25N5O3/c1-21(2,3)29-20(28)25-11-6-14(7-12-25)16-17(15-4-8-22-9-5-15)24-26-13-10-23-19(27)18(16)26/h4-6,8-9H,7,10-13H2,1-3H3,(H,23,27). The molecule has 0 fully saturated rings. The molecule has 0 unspecified atom stereocenters. The van der Waals surface area contributed by atoms with Gasteiger partial charge < -0.3 is 15.0 Å². The molecule has 0 atom stereocenters. The molecule has 0 bridgehead atoms. The van der Waals surface area contributed by atoms with Gasteiger partial charge in [-0.25, -0.2) is 4.79 Å². The second kappa shape index (κ2) is 7.35. The molecule has 2 aromatic heterocycles. The Hall–Kier alpha value is -3.16. The van der Waals surface area contributed by atoms with Crippen LogP contribution in [-0.4, -0.2) is 56.9 Å². The summed E-state index contributed by atoms with van der Waals surface area (Å²) < 4.78 is 7.26. The molecular weight excluding hydrogens is 370 g/mol. The van der Waals surface area contributed by atoms with Crippen molar-refractivity contribution >= 4 is 17.6 Å². The second-order valence-electron chi connectivity index (χ2n) is 8.19. The number of fused-ring (bicyclic) bond motifs is 1. The van der Waals surface area contributed by atoms with Crippen LogP contribution in [0.4, 0.5) is 4.79 Å². The number of pyridine rings is 1. The second-order valence-corrected chi connectivity index (χ2v) is 8.19. The van der Waals surface area contributed by atoms with Crippen molar-refractivity contribution in [2.75, 3.05) is 19.6 Å². The normalized spacial score (nSPS) is 16.7. The van der Waals surface area contributed by atoms with Gasteiger partial charge in [0.05, 0.1) is 6.54 Å². The van der Waals surface area contributed by atoms with E-state index in [0.29, 0.717) is 38.3 Å². The molecule has 0 saturated carbocycles. The van der Waals surface area contributed by atoms with Gasteiger partial charge in [0.1, 0.15) is 17.0 Å². The van der Waals surface area contributed by atoms with E-state index in [1.165, 1.54) is 0 Å². The first-order valence-corrected chi connectivity index (χ1v) is 9.80.